The van der Waals surface area contributed by atoms with Gasteiger partial charge in [0.2, 0.25) is 0 Å². The van der Waals surface area contributed by atoms with Gasteiger partial charge in [-0.15, -0.1) is 0 Å². The Morgan fingerprint density at radius 2 is 1.82 bits per heavy atom. The lowest BCUT2D eigenvalue weighted by atomic mass is 9.75. The third kappa shape index (κ3) is 3.01. The molecule has 1 heterocycles. The van der Waals surface area contributed by atoms with Crippen LogP contribution >= 0.6 is 0 Å². The lowest BCUT2D eigenvalue weighted by molar-refractivity contribution is -0.141. The van der Waals surface area contributed by atoms with E-state index in [4.69, 9.17) is 0 Å². The molecular weight excluding hydrogens is 291 g/mol. The largest absolute Gasteiger partial charge is 0.416 e. The van der Waals surface area contributed by atoms with Gasteiger partial charge >= 0.3 is 6.18 Å². The van der Waals surface area contributed by atoms with E-state index in [1.807, 2.05) is 0 Å². The fraction of sp³-hybridized carbons (Fsp3) is 0.588. The van der Waals surface area contributed by atoms with Gasteiger partial charge in [-0.25, -0.2) is 0 Å². The van der Waals surface area contributed by atoms with Gasteiger partial charge in [-0.1, -0.05) is 18.2 Å². The number of hydrogen-bond acceptors (Lipinski definition) is 2. The minimum Gasteiger partial charge on any atom is -0.385 e. The van der Waals surface area contributed by atoms with E-state index in [0.717, 1.165) is 38.4 Å². The topological polar surface area (TPSA) is 23.5 Å². The van der Waals surface area contributed by atoms with Gasteiger partial charge in [-0.05, 0) is 56.7 Å². The van der Waals surface area contributed by atoms with E-state index in [9.17, 15) is 18.3 Å². The van der Waals surface area contributed by atoms with Crippen LogP contribution in [0.4, 0.5) is 13.2 Å². The first-order chi connectivity index (χ1) is 10.4. The smallest absolute Gasteiger partial charge is 0.385 e. The van der Waals surface area contributed by atoms with Crippen LogP contribution in [0, 0.1) is 6.42 Å². The molecule has 0 spiro atoms. The molecule has 1 aliphatic carbocycles. The summed E-state index contributed by atoms with van der Waals surface area (Å²) in [6.07, 6.45) is 1.17. The van der Waals surface area contributed by atoms with Crippen LogP contribution in [0.5, 0.6) is 0 Å². The van der Waals surface area contributed by atoms with E-state index in [1.165, 1.54) is 12.1 Å². The number of aliphatic hydroxyl groups is 1. The summed E-state index contributed by atoms with van der Waals surface area (Å²) >= 11 is 0. The van der Waals surface area contributed by atoms with E-state index < -0.39 is 17.3 Å². The minimum absolute atomic E-state index is 0.0361. The Labute approximate surface area is 128 Å². The molecule has 0 unspecified atom stereocenters. The highest BCUT2D eigenvalue weighted by Gasteiger charge is 2.43. The van der Waals surface area contributed by atoms with Gasteiger partial charge in [-0.3, -0.25) is 0 Å². The van der Waals surface area contributed by atoms with Crippen LogP contribution < -0.4 is 0 Å². The number of benzene rings is 1. The van der Waals surface area contributed by atoms with Crippen molar-refractivity contribution in [2.75, 3.05) is 13.1 Å². The first kappa shape index (κ1) is 15.8. The first-order valence-electron chi connectivity index (χ1n) is 7.85. The molecule has 1 aliphatic heterocycles. The summed E-state index contributed by atoms with van der Waals surface area (Å²) in [6.45, 7) is 1.99. The lowest BCUT2D eigenvalue weighted by Crippen LogP contribution is -2.42. The fourth-order valence-corrected chi connectivity index (χ4v) is 3.79. The van der Waals surface area contributed by atoms with Crippen LogP contribution in [-0.2, 0) is 11.8 Å². The zero-order chi connectivity index (χ0) is 15.8. The predicted octanol–water partition coefficient (Wildman–Crippen LogP) is 3.75. The van der Waals surface area contributed by atoms with Crippen molar-refractivity contribution < 1.29 is 18.3 Å². The number of hydrogen-bond donors (Lipinski definition) is 1. The van der Waals surface area contributed by atoms with Crippen molar-refractivity contribution in [3.63, 3.8) is 0 Å². The molecular formula is C17H21F3NO. The third-order valence-corrected chi connectivity index (χ3v) is 5.02. The van der Waals surface area contributed by atoms with Gasteiger partial charge in [0.15, 0.2) is 0 Å². The summed E-state index contributed by atoms with van der Waals surface area (Å²) < 4.78 is 39.5. The average Bonchev–Trinajstić information content (AvgIpc) is 3.01. The van der Waals surface area contributed by atoms with Crippen molar-refractivity contribution >= 4 is 0 Å². The Bertz CT molecular complexity index is 515. The molecule has 2 nitrogen and oxygen atoms in total. The standard InChI is InChI=1S/C17H21F3NO/c18-17(19,20)15-6-2-1-5-14(15)16(22)9-7-13(8-10-16)21-11-3-4-12-21/h1-3,5-6,13,22H,4,7-12H2. The fourth-order valence-electron chi connectivity index (χ4n) is 3.79. The number of alkyl halides is 3. The Kier molecular flexibility index (Phi) is 4.21. The van der Waals surface area contributed by atoms with E-state index >= 15 is 0 Å². The summed E-state index contributed by atoms with van der Waals surface area (Å²) in [5.74, 6) is 0. The maximum absolute atomic E-state index is 13.2. The maximum atomic E-state index is 13.2. The zero-order valence-electron chi connectivity index (χ0n) is 12.4. The number of halogens is 3. The van der Waals surface area contributed by atoms with Crippen LogP contribution in [0.3, 0.4) is 0 Å². The van der Waals surface area contributed by atoms with E-state index in [-0.39, 0.29) is 5.56 Å². The molecule has 3 rings (SSSR count). The molecule has 2 fully saturated rings. The monoisotopic (exact) mass is 312 g/mol. The Morgan fingerprint density at radius 3 is 2.41 bits per heavy atom. The molecule has 1 aromatic rings. The molecule has 0 amide bonds. The van der Waals surface area contributed by atoms with E-state index in [2.05, 4.69) is 11.3 Å². The number of nitrogens with zero attached hydrogens (tertiary/aromatic N) is 1. The quantitative estimate of drug-likeness (QED) is 0.899. The van der Waals surface area contributed by atoms with Gasteiger partial charge in [0, 0.05) is 12.6 Å². The first-order valence-corrected chi connectivity index (χ1v) is 7.85. The second-order valence-corrected chi connectivity index (χ2v) is 6.38. The molecule has 5 heteroatoms. The van der Waals surface area contributed by atoms with Gasteiger partial charge < -0.3 is 10.0 Å². The summed E-state index contributed by atoms with van der Waals surface area (Å²) in [4.78, 5) is 2.37. The van der Waals surface area contributed by atoms with Crippen molar-refractivity contribution in [3.8, 4) is 0 Å². The highest BCUT2D eigenvalue weighted by molar-refractivity contribution is 5.35. The minimum atomic E-state index is -4.42. The van der Waals surface area contributed by atoms with Gasteiger partial charge in [-0.2, -0.15) is 13.2 Å². The molecule has 1 saturated carbocycles. The highest BCUT2D eigenvalue weighted by Crippen LogP contribution is 2.44. The number of likely N-dealkylation sites (tertiary alicyclic amines) is 1. The van der Waals surface area contributed by atoms with Crippen molar-refractivity contribution in [1.29, 1.82) is 0 Å². The molecule has 121 valence electrons. The summed E-state index contributed by atoms with van der Waals surface area (Å²) in [5, 5.41) is 10.8. The van der Waals surface area contributed by atoms with Crippen molar-refractivity contribution in [2.45, 2.75) is 49.9 Å². The molecule has 22 heavy (non-hydrogen) atoms. The Morgan fingerprint density at radius 1 is 1.14 bits per heavy atom. The summed E-state index contributed by atoms with van der Waals surface area (Å²) in [5.41, 5.74) is -2.02. The molecule has 1 radical (unpaired) electrons. The zero-order valence-corrected chi connectivity index (χ0v) is 12.4. The lowest BCUT2D eigenvalue weighted by Gasteiger charge is -2.40. The van der Waals surface area contributed by atoms with Crippen LogP contribution in [-0.4, -0.2) is 29.1 Å². The molecule has 1 aromatic carbocycles. The van der Waals surface area contributed by atoms with Crippen LogP contribution in [0.2, 0.25) is 0 Å². The summed E-state index contributed by atoms with van der Waals surface area (Å²) in [7, 11) is 0. The Balaban J connectivity index is 1.78. The van der Waals surface area contributed by atoms with Crippen LogP contribution in [0.15, 0.2) is 24.3 Å². The molecule has 2 aliphatic rings. The number of rotatable bonds is 2. The van der Waals surface area contributed by atoms with Gasteiger partial charge in [0.25, 0.3) is 0 Å². The second-order valence-electron chi connectivity index (χ2n) is 6.38. The molecule has 1 saturated heterocycles. The summed E-state index contributed by atoms with van der Waals surface area (Å²) in [6, 6.07) is 5.82. The van der Waals surface area contributed by atoms with E-state index in [0.29, 0.717) is 18.9 Å². The van der Waals surface area contributed by atoms with E-state index in [1.54, 1.807) is 6.07 Å². The highest BCUT2D eigenvalue weighted by atomic mass is 19.4. The van der Waals surface area contributed by atoms with Crippen LogP contribution in [0.1, 0.15) is 43.2 Å². The average molecular weight is 312 g/mol. The normalized spacial score (nSPS) is 30.6. The van der Waals surface area contributed by atoms with Gasteiger partial charge in [0.1, 0.15) is 0 Å². The third-order valence-electron chi connectivity index (χ3n) is 5.02. The maximum Gasteiger partial charge on any atom is 0.416 e. The second kappa shape index (κ2) is 5.85. The van der Waals surface area contributed by atoms with Crippen molar-refractivity contribution in [1.82, 2.24) is 4.90 Å². The molecule has 0 aromatic heterocycles. The predicted molar refractivity (Wildman–Crippen MR) is 78.1 cm³/mol. The van der Waals surface area contributed by atoms with Crippen molar-refractivity contribution in [2.24, 2.45) is 0 Å². The SMILES string of the molecule is OC1(c2ccccc2C(F)(F)F)CCC(N2C[CH]CC2)CC1. The Hall–Kier alpha value is -1.07. The van der Waals surface area contributed by atoms with Gasteiger partial charge in [0.05, 0.1) is 11.2 Å². The molecule has 0 bridgehead atoms. The molecule has 1 N–H and O–H groups in total. The molecule has 0 atom stereocenters. The van der Waals surface area contributed by atoms with Crippen molar-refractivity contribution in [3.05, 3.63) is 41.8 Å². The van der Waals surface area contributed by atoms with Crippen LogP contribution in [0.25, 0.3) is 0 Å².